The number of esters is 1. The molecule has 1 N–H and O–H groups in total. The maximum absolute atomic E-state index is 12.9. The molecule has 3 rings (SSSR count). The Hall–Kier alpha value is -2.65. The van der Waals surface area contributed by atoms with Crippen molar-refractivity contribution in [3.8, 4) is 10.7 Å². The first-order chi connectivity index (χ1) is 12.7. The van der Waals surface area contributed by atoms with E-state index in [1.54, 1.807) is 13.0 Å². The number of nitrogens with zero attached hydrogens (tertiary/aromatic N) is 2. The molecule has 0 aliphatic carbocycles. The smallest absolute Gasteiger partial charge is 0.337 e. The van der Waals surface area contributed by atoms with Crippen LogP contribution < -0.4 is 4.72 Å². The van der Waals surface area contributed by atoms with Crippen LogP contribution in [0.25, 0.3) is 10.7 Å². The van der Waals surface area contributed by atoms with Crippen LogP contribution in [-0.4, -0.2) is 31.0 Å². The van der Waals surface area contributed by atoms with Gasteiger partial charge in [-0.15, -0.1) is 11.3 Å². The molecule has 0 unspecified atom stereocenters. The fourth-order valence-corrected chi connectivity index (χ4v) is 4.82. The predicted octanol–water partition coefficient (Wildman–Crippen LogP) is 3.35. The van der Waals surface area contributed by atoms with Crippen molar-refractivity contribution in [2.24, 2.45) is 7.05 Å². The lowest BCUT2D eigenvalue weighted by molar-refractivity contribution is 0.0601. The second-order valence-electron chi connectivity index (χ2n) is 6.01. The lowest BCUT2D eigenvalue weighted by Crippen LogP contribution is -2.14. The Morgan fingerprint density at radius 1 is 1.22 bits per heavy atom. The summed E-state index contributed by atoms with van der Waals surface area (Å²) in [5.41, 5.74) is 2.95. The SMILES string of the molecule is COC(=O)c1ccc(NS(=O)(=O)c2cc(-c3nc(C)cs3)n(C)c2C)cc1. The van der Waals surface area contributed by atoms with Gasteiger partial charge in [-0.1, -0.05) is 0 Å². The summed E-state index contributed by atoms with van der Waals surface area (Å²) in [7, 11) is -0.694. The first-order valence-corrected chi connectivity index (χ1v) is 10.4. The monoisotopic (exact) mass is 405 g/mol. The van der Waals surface area contributed by atoms with E-state index in [1.807, 2.05) is 23.9 Å². The number of hydrogen-bond acceptors (Lipinski definition) is 6. The molecule has 0 spiro atoms. The van der Waals surface area contributed by atoms with Gasteiger partial charge in [0.05, 0.1) is 18.4 Å². The van der Waals surface area contributed by atoms with Gasteiger partial charge in [-0.05, 0) is 44.2 Å². The summed E-state index contributed by atoms with van der Waals surface area (Å²) >= 11 is 1.47. The number of rotatable bonds is 5. The van der Waals surface area contributed by atoms with E-state index < -0.39 is 16.0 Å². The molecule has 0 aliphatic heterocycles. The molecule has 3 aromatic rings. The molecule has 2 heterocycles. The van der Waals surface area contributed by atoms with Crippen LogP contribution in [0, 0.1) is 13.8 Å². The van der Waals surface area contributed by atoms with E-state index in [0.29, 0.717) is 16.9 Å². The van der Waals surface area contributed by atoms with E-state index in [9.17, 15) is 13.2 Å². The van der Waals surface area contributed by atoms with Crippen LogP contribution in [0.3, 0.4) is 0 Å². The number of sulfonamides is 1. The topological polar surface area (TPSA) is 90.3 Å². The number of carbonyl (C=O) groups is 1. The normalized spacial score (nSPS) is 11.4. The van der Waals surface area contributed by atoms with Crippen LogP contribution in [0.15, 0.2) is 40.6 Å². The maximum atomic E-state index is 12.9. The zero-order valence-corrected chi connectivity index (χ0v) is 16.9. The van der Waals surface area contributed by atoms with Crippen molar-refractivity contribution >= 4 is 33.0 Å². The largest absolute Gasteiger partial charge is 0.465 e. The van der Waals surface area contributed by atoms with E-state index in [0.717, 1.165) is 16.4 Å². The molecule has 0 amide bonds. The molecule has 0 fully saturated rings. The van der Waals surface area contributed by atoms with Crippen molar-refractivity contribution in [3.05, 3.63) is 52.7 Å². The van der Waals surface area contributed by atoms with E-state index in [-0.39, 0.29) is 4.90 Å². The molecule has 142 valence electrons. The molecule has 0 saturated heterocycles. The van der Waals surface area contributed by atoms with E-state index >= 15 is 0 Å². The van der Waals surface area contributed by atoms with Gasteiger partial charge in [-0.25, -0.2) is 18.2 Å². The Morgan fingerprint density at radius 2 is 1.89 bits per heavy atom. The summed E-state index contributed by atoms with van der Waals surface area (Å²) in [5.74, 6) is -0.480. The quantitative estimate of drug-likeness (QED) is 0.658. The fraction of sp³-hybridized carbons (Fsp3) is 0.222. The fourth-order valence-electron chi connectivity index (χ4n) is 2.62. The summed E-state index contributed by atoms with van der Waals surface area (Å²) in [6.45, 7) is 3.64. The van der Waals surface area contributed by atoms with E-state index in [1.165, 1.54) is 42.7 Å². The van der Waals surface area contributed by atoms with Crippen molar-refractivity contribution in [1.82, 2.24) is 9.55 Å². The van der Waals surface area contributed by atoms with Crippen molar-refractivity contribution in [1.29, 1.82) is 0 Å². The lowest BCUT2D eigenvalue weighted by atomic mass is 10.2. The number of benzene rings is 1. The van der Waals surface area contributed by atoms with Crippen LogP contribution in [0.4, 0.5) is 5.69 Å². The molecule has 0 bridgehead atoms. The third-order valence-corrected chi connectivity index (χ3v) is 6.65. The Bertz CT molecular complexity index is 1100. The Balaban J connectivity index is 1.92. The van der Waals surface area contributed by atoms with Gasteiger partial charge in [0.15, 0.2) is 0 Å². The lowest BCUT2D eigenvalue weighted by Gasteiger charge is -2.09. The molecule has 2 aromatic heterocycles. The minimum absolute atomic E-state index is 0.185. The minimum atomic E-state index is -3.80. The van der Waals surface area contributed by atoms with Crippen LogP contribution in [0.2, 0.25) is 0 Å². The molecule has 0 atom stereocenters. The van der Waals surface area contributed by atoms with Crippen molar-refractivity contribution in [3.63, 3.8) is 0 Å². The molecular weight excluding hydrogens is 386 g/mol. The number of carbonyl (C=O) groups excluding carboxylic acids is 1. The third kappa shape index (κ3) is 3.74. The van der Waals surface area contributed by atoms with Crippen molar-refractivity contribution in [2.45, 2.75) is 18.7 Å². The second kappa shape index (κ2) is 7.16. The number of methoxy groups -OCH3 is 1. The van der Waals surface area contributed by atoms with E-state index in [2.05, 4.69) is 14.4 Å². The molecule has 9 heteroatoms. The molecule has 0 radical (unpaired) electrons. The van der Waals surface area contributed by atoms with Crippen LogP contribution in [-0.2, 0) is 21.8 Å². The van der Waals surface area contributed by atoms with Gasteiger partial charge in [0, 0.05) is 29.5 Å². The molecular formula is C18H19N3O4S2. The van der Waals surface area contributed by atoms with Gasteiger partial charge < -0.3 is 9.30 Å². The average molecular weight is 406 g/mol. The Morgan fingerprint density at radius 3 is 2.44 bits per heavy atom. The Labute approximate surface area is 161 Å². The molecule has 1 aromatic carbocycles. The van der Waals surface area contributed by atoms with Crippen LogP contribution in [0.5, 0.6) is 0 Å². The number of aromatic nitrogens is 2. The van der Waals surface area contributed by atoms with E-state index in [4.69, 9.17) is 0 Å². The molecule has 27 heavy (non-hydrogen) atoms. The third-order valence-electron chi connectivity index (χ3n) is 4.17. The van der Waals surface area contributed by atoms with Gasteiger partial charge in [0.2, 0.25) is 0 Å². The van der Waals surface area contributed by atoms with Crippen LogP contribution >= 0.6 is 11.3 Å². The number of nitrogens with one attached hydrogen (secondary N) is 1. The highest BCUT2D eigenvalue weighted by atomic mass is 32.2. The zero-order valence-electron chi connectivity index (χ0n) is 15.3. The molecule has 7 nitrogen and oxygen atoms in total. The first kappa shape index (κ1) is 19.1. The minimum Gasteiger partial charge on any atom is -0.465 e. The summed E-state index contributed by atoms with van der Waals surface area (Å²) in [6.07, 6.45) is 0. The van der Waals surface area contributed by atoms with Crippen molar-refractivity contribution < 1.29 is 17.9 Å². The average Bonchev–Trinajstić information content (AvgIpc) is 3.19. The second-order valence-corrected chi connectivity index (χ2v) is 8.52. The molecule has 0 aliphatic rings. The summed E-state index contributed by atoms with van der Waals surface area (Å²) in [6, 6.07) is 7.68. The standard InChI is InChI=1S/C18H19N3O4S2/c1-11-10-26-17(19-11)15-9-16(12(2)21(15)3)27(23,24)20-14-7-5-13(6-8-14)18(22)25-4/h5-10,20H,1-4H3. The zero-order chi connectivity index (χ0) is 19.8. The highest BCUT2D eigenvalue weighted by Gasteiger charge is 2.23. The summed E-state index contributed by atoms with van der Waals surface area (Å²) in [4.78, 5) is 16.1. The predicted molar refractivity (Wildman–Crippen MR) is 105 cm³/mol. The Kier molecular flexibility index (Phi) is 5.07. The number of hydrogen-bond donors (Lipinski definition) is 1. The van der Waals surface area contributed by atoms with Gasteiger partial charge in [0.1, 0.15) is 9.90 Å². The summed E-state index contributed by atoms with van der Waals surface area (Å²) in [5, 5.41) is 2.69. The number of ether oxygens (including phenoxy) is 1. The van der Waals surface area contributed by atoms with Crippen molar-refractivity contribution in [2.75, 3.05) is 11.8 Å². The molecule has 0 saturated carbocycles. The van der Waals surface area contributed by atoms with Gasteiger partial charge in [-0.3, -0.25) is 4.72 Å². The number of thiazole rings is 1. The van der Waals surface area contributed by atoms with Gasteiger partial charge in [0.25, 0.3) is 10.0 Å². The van der Waals surface area contributed by atoms with Gasteiger partial charge in [-0.2, -0.15) is 0 Å². The highest BCUT2D eigenvalue weighted by Crippen LogP contribution is 2.30. The number of anilines is 1. The number of aryl methyl sites for hydroxylation is 1. The van der Waals surface area contributed by atoms with Crippen LogP contribution in [0.1, 0.15) is 21.7 Å². The highest BCUT2D eigenvalue weighted by molar-refractivity contribution is 7.92. The summed E-state index contributed by atoms with van der Waals surface area (Å²) < 4.78 is 34.7. The maximum Gasteiger partial charge on any atom is 0.337 e. The van der Waals surface area contributed by atoms with Gasteiger partial charge >= 0.3 is 5.97 Å². The first-order valence-electron chi connectivity index (χ1n) is 8.03.